The third-order valence-corrected chi connectivity index (χ3v) is 6.18. The molecule has 0 fully saturated rings. The number of aldehydes is 1. The van der Waals surface area contributed by atoms with E-state index >= 15 is 0 Å². The zero-order chi connectivity index (χ0) is 24.0. The molecule has 3 aromatic rings. The van der Waals surface area contributed by atoms with Gasteiger partial charge in [0.15, 0.2) is 11.8 Å². The Balaban J connectivity index is 2.16. The highest BCUT2D eigenvalue weighted by Crippen LogP contribution is 2.39. The van der Waals surface area contributed by atoms with Crippen molar-refractivity contribution in [1.29, 1.82) is 0 Å². The minimum Gasteiger partial charge on any atom is -0.458 e. The summed E-state index contributed by atoms with van der Waals surface area (Å²) in [6.45, 7) is 5.62. The van der Waals surface area contributed by atoms with Crippen LogP contribution < -0.4 is 5.32 Å². The quantitative estimate of drug-likeness (QED) is 0.158. The van der Waals surface area contributed by atoms with Gasteiger partial charge in [0.05, 0.1) is 5.41 Å². The lowest BCUT2D eigenvalue weighted by Gasteiger charge is -2.39. The third kappa shape index (κ3) is 5.37. The summed E-state index contributed by atoms with van der Waals surface area (Å²) in [5.41, 5.74) is 0.142. The second-order valence-electron chi connectivity index (χ2n) is 9.11. The highest BCUT2D eigenvalue weighted by Gasteiger charge is 2.44. The van der Waals surface area contributed by atoms with Gasteiger partial charge in [-0.3, -0.25) is 5.32 Å². The van der Waals surface area contributed by atoms with Crippen LogP contribution in [0.5, 0.6) is 0 Å². The van der Waals surface area contributed by atoms with Gasteiger partial charge in [0.2, 0.25) is 0 Å². The Bertz CT molecular complexity index is 952. The Morgan fingerprint density at radius 2 is 1.21 bits per heavy atom. The topological polar surface area (TPSA) is 55.4 Å². The van der Waals surface area contributed by atoms with Gasteiger partial charge in [0.25, 0.3) is 0 Å². The van der Waals surface area contributed by atoms with Crippen LogP contribution in [0.3, 0.4) is 0 Å². The maximum Gasteiger partial charge on any atom is 0.335 e. The first-order valence-corrected chi connectivity index (χ1v) is 11.6. The van der Waals surface area contributed by atoms with Crippen molar-refractivity contribution in [1.82, 2.24) is 5.32 Å². The first kappa shape index (κ1) is 24.7. The van der Waals surface area contributed by atoms with E-state index in [1.165, 1.54) is 0 Å². The van der Waals surface area contributed by atoms with Crippen LogP contribution in [0, 0.1) is 0 Å². The van der Waals surface area contributed by atoms with Crippen molar-refractivity contribution >= 4 is 24.9 Å². The summed E-state index contributed by atoms with van der Waals surface area (Å²) in [6, 6.07) is 30.3. The molecule has 5 heteroatoms. The summed E-state index contributed by atoms with van der Waals surface area (Å²) in [6.07, 6.45) is 0.611. The Labute approximate surface area is 201 Å². The first-order chi connectivity index (χ1) is 15.8. The number of carbonyl (C=O) groups is 2. The Hall–Kier alpha value is -2.89. The highest BCUT2D eigenvalue weighted by atomic mass is 32.1. The van der Waals surface area contributed by atoms with Crippen molar-refractivity contribution in [2.45, 2.75) is 37.3 Å². The van der Waals surface area contributed by atoms with E-state index in [0.717, 1.165) is 16.7 Å². The molecule has 172 valence electrons. The molecule has 4 nitrogen and oxygen atoms in total. The van der Waals surface area contributed by atoms with Crippen LogP contribution in [0.1, 0.15) is 37.5 Å². The molecule has 0 saturated heterocycles. The minimum absolute atomic E-state index is 0.0279. The van der Waals surface area contributed by atoms with Crippen LogP contribution in [-0.2, 0) is 19.7 Å². The number of hydrogen-bond donors (Lipinski definition) is 2. The second-order valence-corrected chi connectivity index (χ2v) is 9.42. The molecule has 0 aliphatic carbocycles. The molecule has 3 aromatic carbocycles. The molecular formula is C28H31NO3S. The van der Waals surface area contributed by atoms with Gasteiger partial charge in [0, 0.05) is 12.3 Å². The van der Waals surface area contributed by atoms with Gasteiger partial charge >= 0.3 is 5.97 Å². The normalized spacial score (nSPS) is 13.7. The Morgan fingerprint density at radius 3 is 1.52 bits per heavy atom. The van der Waals surface area contributed by atoms with Crippen molar-refractivity contribution in [3.63, 3.8) is 0 Å². The van der Waals surface area contributed by atoms with Gasteiger partial charge in [0.1, 0.15) is 5.60 Å². The van der Waals surface area contributed by atoms with Gasteiger partial charge in [-0.2, -0.15) is 12.6 Å². The largest absolute Gasteiger partial charge is 0.458 e. The zero-order valence-corrected chi connectivity index (χ0v) is 20.2. The molecular weight excluding hydrogens is 430 g/mol. The van der Waals surface area contributed by atoms with Crippen molar-refractivity contribution in [2.24, 2.45) is 0 Å². The monoisotopic (exact) mass is 461 g/mol. The van der Waals surface area contributed by atoms with E-state index in [2.05, 4.69) is 54.3 Å². The number of rotatable bonds is 9. The van der Waals surface area contributed by atoms with Gasteiger partial charge in [-0.05, 0) is 37.5 Å². The molecule has 0 spiro atoms. The van der Waals surface area contributed by atoms with Crippen molar-refractivity contribution < 1.29 is 14.3 Å². The van der Waals surface area contributed by atoms with Crippen LogP contribution in [0.15, 0.2) is 91.0 Å². The number of carbonyl (C=O) groups excluding carboxylic acids is 2. The number of nitrogens with one attached hydrogen (secondary N) is 1. The van der Waals surface area contributed by atoms with Crippen LogP contribution in [0.2, 0.25) is 0 Å². The summed E-state index contributed by atoms with van der Waals surface area (Å²) in [5, 5.41) is 3.27. The fraction of sp³-hybridized carbons (Fsp3) is 0.286. The Kier molecular flexibility index (Phi) is 7.77. The fourth-order valence-electron chi connectivity index (χ4n) is 3.95. The van der Waals surface area contributed by atoms with Crippen LogP contribution in [-0.4, -0.2) is 35.7 Å². The maximum atomic E-state index is 13.1. The summed E-state index contributed by atoms with van der Waals surface area (Å²) < 4.78 is 5.59. The Morgan fingerprint density at radius 1 is 0.818 bits per heavy atom. The van der Waals surface area contributed by atoms with E-state index in [4.69, 9.17) is 4.74 Å². The maximum absolute atomic E-state index is 13.1. The van der Waals surface area contributed by atoms with Crippen molar-refractivity contribution in [3.05, 3.63) is 108 Å². The lowest BCUT2D eigenvalue weighted by atomic mass is 9.69. The van der Waals surface area contributed by atoms with Gasteiger partial charge < -0.3 is 9.53 Å². The van der Waals surface area contributed by atoms with E-state index in [1.54, 1.807) is 20.8 Å². The smallest absolute Gasteiger partial charge is 0.335 e. The molecule has 0 heterocycles. The van der Waals surface area contributed by atoms with Gasteiger partial charge in [-0.15, -0.1) is 0 Å². The average Bonchev–Trinajstić information content (AvgIpc) is 2.83. The number of thiol groups is 1. The molecule has 1 atom stereocenters. The van der Waals surface area contributed by atoms with Crippen LogP contribution in [0.25, 0.3) is 0 Å². The number of hydrogen-bond acceptors (Lipinski definition) is 5. The van der Waals surface area contributed by atoms with E-state index in [9.17, 15) is 9.59 Å². The van der Waals surface area contributed by atoms with E-state index in [0.29, 0.717) is 6.29 Å². The summed E-state index contributed by atoms with van der Waals surface area (Å²) >= 11 is 4.37. The van der Waals surface area contributed by atoms with E-state index in [-0.39, 0.29) is 12.3 Å². The molecule has 0 unspecified atom stereocenters. The molecule has 0 amide bonds. The molecule has 0 bridgehead atoms. The van der Waals surface area contributed by atoms with Crippen LogP contribution >= 0.6 is 12.6 Å². The first-order valence-electron chi connectivity index (χ1n) is 11.0. The second kappa shape index (κ2) is 10.4. The third-order valence-electron chi connectivity index (χ3n) is 5.68. The van der Waals surface area contributed by atoms with Crippen molar-refractivity contribution in [2.75, 3.05) is 12.3 Å². The zero-order valence-electron chi connectivity index (χ0n) is 19.3. The predicted molar refractivity (Wildman–Crippen MR) is 136 cm³/mol. The molecule has 0 aromatic heterocycles. The number of benzene rings is 3. The molecule has 33 heavy (non-hydrogen) atoms. The lowest BCUT2D eigenvalue weighted by Crippen LogP contribution is -2.60. The van der Waals surface area contributed by atoms with Crippen molar-refractivity contribution in [3.8, 4) is 0 Å². The summed E-state index contributed by atoms with van der Waals surface area (Å²) in [4.78, 5) is 25.4. The molecule has 1 N–H and O–H groups in total. The number of ether oxygens (including phenoxy) is 1. The van der Waals surface area contributed by atoms with E-state index in [1.807, 2.05) is 54.6 Å². The average molecular weight is 462 g/mol. The molecule has 0 aliphatic heterocycles. The van der Waals surface area contributed by atoms with Gasteiger partial charge in [-0.1, -0.05) is 91.0 Å². The molecule has 0 saturated carbocycles. The minimum atomic E-state index is -1.58. The molecule has 3 rings (SSSR count). The highest BCUT2D eigenvalue weighted by molar-refractivity contribution is 7.80. The SMILES string of the molecule is CC(C)(C)OC(=O)[C@@](C=O)(CS)NCC(c1ccccc1)(c1ccccc1)c1ccccc1. The molecule has 0 radical (unpaired) electrons. The molecule has 0 aliphatic rings. The fourth-order valence-corrected chi connectivity index (χ4v) is 4.27. The van der Waals surface area contributed by atoms with E-state index < -0.39 is 22.5 Å². The van der Waals surface area contributed by atoms with Crippen LogP contribution in [0.4, 0.5) is 0 Å². The lowest BCUT2D eigenvalue weighted by molar-refractivity contribution is -0.162. The summed E-state index contributed by atoms with van der Waals surface area (Å²) in [5.74, 6) is -0.664. The standard InChI is InChI=1S/C28H31NO3S/c1-26(2,3)32-25(31)27(20-30,21-33)29-19-28(22-13-7-4-8-14-22,23-15-9-5-10-16-23)24-17-11-6-12-18-24/h4-18,20,29,33H,19,21H2,1-3H3/t27-/m1/s1. The number of esters is 1. The summed E-state index contributed by atoms with van der Waals surface area (Å²) in [7, 11) is 0. The predicted octanol–water partition coefficient (Wildman–Crippen LogP) is 4.82. The van der Waals surface area contributed by atoms with Gasteiger partial charge in [-0.25, -0.2) is 4.79 Å².